The third-order valence-corrected chi connectivity index (χ3v) is 7.82. The maximum absolute atomic E-state index is 13.4. The second-order valence-corrected chi connectivity index (χ2v) is 10.6. The Kier molecular flexibility index (Phi) is 7.80. The number of carboxylic acid groups (broad SMARTS) is 1. The highest BCUT2D eigenvalue weighted by atomic mass is 32.2. The number of anilines is 1. The lowest BCUT2D eigenvalue weighted by Crippen LogP contribution is -2.41. The maximum atomic E-state index is 13.4. The van der Waals surface area contributed by atoms with Crippen molar-refractivity contribution in [2.45, 2.75) is 32.2 Å². The van der Waals surface area contributed by atoms with E-state index in [9.17, 15) is 32.6 Å². The van der Waals surface area contributed by atoms with Gasteiger partial charge in [0.25, 0.3) is 0 Å². The SMILES string of the molecule is Cc1cc(C)c(S(=O)(=O)N(C)CC(=O)N(Cc2ccc(F)cc2)c2ccc(C(=O)O)c(O)c2)c(C)c1. The lowest BCUT2D eigenvalue weighted by atomic mass is 10.1. The van der Waals surface area contributed by atoms with Crippen molar-refractivity contribution in [2.75, 3.05) is 18.5 Å². The summed E-state index contributed by atoms with van der Waals surface area (Å²) in [6, 6.07) is 12.5. The summed E-state index contributed by atoms with van der Waals surface area (Å²) in [6.07, 6.45) is 0. The molecule has 0 aliphatic heterocycles. The summed E-state index contributed by atoms with van der Waals surface area (Å²) in [7, 11) is -2.72. The molecule has 2 N–H and O–H groups in total. The van der Waals surface area contributed by atoms with Crippen LogP contribution in [0, 0.1) is 26.6 Å². The maximum Gasteiger partial charge on any atom is 0.339 e. The quantitative estimate of drug-likeness (QED) is 0.469. The molecule has 0 radical (unpaired) electrons. The number of likely N-dealkylation sites (N-methyl/N-ethyl adjacent to an activating group) is 1. The first-order valence-electron chi connectivity index (χ1n) is 11.0. The number of nitrogens with zero attached hydrogens (tertiary/aromatic N) is 2. The minimum Gasteiger partial charge on any atom is -0.507 e. The largest absolute Gasteiger partial charge is 0.507 e. The summed E-state index contributed by atoms with van der Waals surface area (Å²) in [5.74, 6) is -2.99. The van der Waals surface area contributed by atoms with E-state index in [0.29, 0.717) is 16.7 Å². The summed E-state index contributed by atoms with van der Waals surface area (Å²) in [4.78, 5) is 26.0. The molecule has 36 heavy (non-hydrogen) atoms. The van der Waals surface area contributed by atoms with E-state index in [4.69, 9.17) is 0 Å². The molecule has 0 saturated carbocycles. The average molecular weight is 515 g/mol. The van der Waals surface area contributed by atoms with Crippen LogP contribution in [-0.2, 0) is 21.4 Å². The van der Waals surface area contributed by atoms with Crippen LogP contribution in [0.15, 0.2) is 59.5 Å². The number of benzene rings is 3. The zero-order valence-electron chi connectivity index (χ0n) is 20.3. The van der Waals surface area contributed by atoms with Gasteiger partial charge in [-0.1, -0.05) is 29.8 Å². The Bertz CT molecular complexity index is 1400. The van der Waals surface area contributed by atoms with Crippen LogP contribution in [0.3, 0.4) is 0 Å². The van der Waals surface area contributed by atoms with Crippen LogP contribution in [0.5, 0.6) is 5.75 Å². The van der Waals surface area contributed by atoms with E-state index in [1.807, 2.05) is 6.92 Å². The van der Waals surface area contributed by atoms with Crippen molar-refractivity contribution in [1.82, 2.24) is 4.31 Å². The smallest absolute Gasteiger partial charge is 0.339 e. The van der Waals surface area contributed by atoms with Gasteiger partial charge in [0.2, 0.25) is 15.9 Å². The standard InChI is InChI=1S/C26H27FN2O6S/c1-16-11-17(2)25(18(3)12-16)36(34,35)28(4)15-24(31)29(14-19-5-7-20(27)8-6-19)21-9-10-22(26(32)33)23(30)13-21/h5-13,30H,14-15H2,1-4H3,(H,32,33). The van der Waals surface area contributed by atoms with Gasteiger partial charge in [-0.15, -0.1) is 0 Å². The predicted molar refractivity (Wildman–Crippen MR) is 133 cm³/mol. The van der Waals surface area contributed by atoms with Crippen molar-refractivity contribution in [2.24, 2.45) is 0 Å². The normalized spacial score (nSPS) is 11.5. The number of sulfonamides is 1. The number of rotatable bonds is 8. The number of aromatic carboxylic acids is 1. The second kappa shape index (κ2) is 10.5. The van der Waals surface area contributed by atoms with Gasteiger partial charge in [0.15, 0.2) is 0 Å². The number of hydrogen-bond donors (Lipinski definition) is 2. The molecule has 0 fully saturated rings. The third-order valence-electron chi connectivity index (χ3n) is 5.71. The Morgan fingerprint density at radius 1 is 0.944 bits per heavy atom. The van der Waals surface area contributed by atoms with E-state index in [1.165, 1.54) is 42.3 Å². The molecular weight excluding hydrogens is 487 g/mol. The molecule has 10 heteroatoms. The number of aryl methyl sites for hydroxylation is 3. The van der Waals surface area contributed by atoms with E-state index in [0.717, 1.165) is 22.0 Å². The van der Waals surface area contributed by atoms with Crippen LogP contribution in [-0.4, -0.2) is 48.4 Å². The van der Waals surface area contributed by atoms with Crippen LogP contribution < -0.4 is 4.90 Å². The molecule has 0 spiro atoms. The number of phenols is 1. The van der Waals surface area contributed by atoms with Crippen LogP contribution in [0.2, 0.25) is 0 Å². The Morgan fingerprint density at radius 2 is 1.53 bits per heavy atom. The highest BCUT2D eigenvalue weighted by Crippen LogP contribution is 2.28. The van der Waals surface area contributed by atoms with Gasteiger partial charge in [-0.3, -0.25) is 4.79 Å². The van der Waals surface area contributed by atoms with Crippen LogP contribution in [0.25, 0.3) is 0 Å². The minimum absolute atomic E-state index is 0.0680. The van der Waals surface area contributed by atoms with Gasteiger partial charge in [0, 0.05) is 18.8 Å². The van der Waals surface area contributed by atoms with E-state index < -0.39 is 40.0 Å². The van der Waals surface area contributed by atoms with Crippen molar-refractivity contribution in [1.29, 1.82) is 0 Å². The molecule has 0 heterocycles. The lowest BCUT2D eigenvalue weighted by Gasteiger charge is -2.27. The van der Waals surface area contributed by atoms with Gasteiger partial charge >= 0.3 is 5.97 Å². The summed E-state index contributed by atoms with van der Waals surface area (Å²) in [5.41, 5.74) is 2.38. The average Bonchev–Trinajstić information content (AvgIpc) is 2.77. The fourth-order valence-electron chi connectivity index (χ4n) is 4.05. The van der Waals surface area contributed by atoms with Crippen molar-refractivity contribution in [3.8, 4) is 5.75 Å². The monoisotopic (exact) mass is 514 g/mol. The number of aromatic hydroxyl groups is 1. The topological polar surface area (TPSA) is 115 Å². The van der Waals surface area contributed by atoms with E-state index in [-0.39, 0.29) is 22.7 Å². The molecule has 1 amide bonds. The summed E-state index contributed by atoms with van der Waals surface area (Å²) in [5, 5.41) is 19.4. The molecule has 3 aromatic carbocycles. The summed E-state index contributed by atoms with van der Waals surface area (Å²) in [6.45, 7) is 4.65. The Morgan fingerprint density at radius 3 is 2.06 bits per heavy atom. The molecule has 0 saturated heterocycles. The van der Waals surface area contributed by atoms with Gasteiger partial charge in [-0.2, -0.15) is 4.31 Å². The molecule has 0 unspecified atom stereocenters. The number of carboxylic acids is 1. The van der Waals surface area contributed by atoms with Gasteiger partial charge < -0.3 is 15.1 Å². The summed E-state index contributed by atoms with van der Waals surface area (Å²) >= 11 is 0. The molecule has 0 atom stereocenters. The molecule has 190 valence electrons. The molecule has 0 aliphatic rings. The zero-order chi connectivity index (χ0) is 26.8. The number of hydrogen-bond acceptors (Lipinski definition) is 5. The molecular formula is C26H27FN2O6S. The highest BCUT2D eigenvalue weighted by Gasteiger charge is 2.29. The Labute approximate surface area is 209 Å². The van der Waals surface area contributed by atoms with Crippen LogP contribution >= 0.6 is 0 Å². The fourth-order valence-corrected chi connectivity index (χ4v) is 5.58. The molecule has 0 aliphatic carbocycles. The van der Waals surface area contributed by atoms with Crippen LogP contribution in [0.4, 0.5) is 10.1 Å². The summed E-state index contributed by atoms with van der Waals surface area (Å²) < 4.78 is 41.1. The highest BCUT2D eigenvalue weighted by molar-refractivity contribution is 7.89. The van der Waals surface area contributed by atoms with Crippen molar-refractivity contribution in [3.05, 3.63) is 88.2 Å². The number of carbonyl (C=O) groups is 2. The van der Waals surface area contributed by atoms with Gasteiger partial charge in [-0.25, -0.2) is 17.6 Å². The minimum atomic E-state index is -4.02. The number of amides is 1. The van der Waals surface area contributed by atoms with Gasteiger partial charge in [0.05, 0.1) is 18.0 Å². The molecule has 0 bridgehead atoms. The van der Waals surface area contributed by atoms with Crippen molar-refractivity contribution >= 4 is 27.6 Å². The Hall–Kier alpha value is -3.76. The Balaban J connectivity index is 1.97. The first-order valence-corrected chi connectivity index (χ1v) is 12.4. The van der Waals surface area contributed by atoms with E-state index >= 15 is 0 Å². The first kappa shape index (κ1) is 26.8. The van der Waals surface area contributed by atoms with E-state index in [2.05, 4.69) is 0 Å². The van der Waals surface area contributed by atoms with Gasteiger partial charge in [-0.05, 0) is 61.7 Å². The lowest BCUT2D eigenvalue weighted by molar-refractivity contribution is -0.118. The molecule has 0 aromatic heterocycles. The zero-order valence-corrected chi connectivity index (χ0v) is 21.1. The number of halogens is 1. The molecule has 3 rings (SSSR count). The second-order valence-electron chi connectivity index (χ2n) is 8.60. The third kappa shape index (κ3) is 5.72. The number of carbonyl (C=O) groups excluding carboxylic acids is 1. The van der Waals surface area contributed by atoms with Crippen molar-refractivity contribution in [3.63, 3.8) is 0 Å². The van der Waals surface area contributed by atoms with Gasteiger partial charge in [0.1, 0.15) is 17.1 Å². The molecule has 8 nitrogen and oxygen atoms in total. The molecule has 3 aromatic rings. The fraction of sp³-hybridized carbons (Fsp3) is 0.231. The van der Waals surface area contributed by atoms with Crippen LogP contribution in [0.1, 0.15) is 32.6 Å². The first-order chi connectivity index (χ1) is 16.8. The predicted octanol–water partition coefficient (Wildman–Crippen LogP) is 4.01. The van der Waals surface area contributed by atoms with E-state index in [1.54, 1.807) is 26.0 Å². The van der Waals surface area contributed by atoms with Crippen molar-refractivity contribution < 1.29 is 32.6 Å².